The molecule has 1 aliphatic heterocycles. The number of nitrogens with one attached hydrogen (secondary N) is 1. The molecule has 1 N–H and O–H groups in total. The van der Waals surface area contributed by atoms with E-state index in [1.54, 1.807) is 0 Å². The Balaban J connectivity index is 2.06. The van der Waals surface area contributed by atoms with Crippen LogP contribution in [0.4, 0.5) is 0 Å². The van der Waals surface area contributed by atoms with Gasteiger partial charge in [0.05, 0.1) is 4.91 Å². The number of thioether (sulfide) groups is 1. The van der Waals surface area contributed by atoms with Crippen molar-refractivity contribution < 1.29 is 4.79 Å². The van der Waals surface area contributed by atoms with Crippen molar-refractivity contribution in [1.29, 1.82) is 0 Å². The normalized spacial score (nSPS) is 29.7. The number of carbonyl (C=O) groups is 1. The molecule has 0 aromatic heterocycles. The third-order valence-corrected chi connectivity index (χ3v) is 3.52. The van der Waals surface area contributed by atoms with Gasteiger partial charge in [-0.1, -0.05) is 42.2 Å². The van der Waals surface area contributed by atoms with Crippen LogP contribution in [0.15, 0.2) is 23.1 Å². The van der Waals surface area contributed by atoms with Crippen LogP contribution >= 0.6 is 24.0 Å². The van der Waals surface area contributed by atoms with E-state index in [-0.39, 0.29) is 5.91 Å². The first-order valence-electron chi connectivity index (χ1n) is 4.65. The fraction of sp³-hybridized carbons (Fsp3) is 0.400. The van der Waals surface area contributed by atoms with Gasteiger partial charge in [-0.05, 0) is 25.2 Å². The molecule has 0 radical (unpaired) electrons. The van der Waals surface area contributed by atoms with Crippen LogP contribution in [0.2, 0.25) is 0 Å². The molecule has 4 heteroatoms. The monoisotopic (exact) mass is 225 g/mol. The molecule has 0 bridgehead atoms. The van der Waals surface area contributed by atoms with Crippen molar-refractivity contribution in [3.8, 4) is 0 Å². The SMILES string of the molecule is O=C1NC(=S)S/C1=C/[C@@H]1CC=CCC1. The molecule has 1 aliphatic carbocycles. The summed E-state index contributed by atoms with van der Waals surface area (Å²) in [4.78, 5) is 12.1. The van der Waals surface area contributed by atoms with Gasteiger partial charge in [0, 0.05) is 0 Å². The lowest BCUT2D eigenvalue weighted by atomic mass is 9.94. The first-order valence-corrected chi connectivity index (χ1v) is 5.88. The Hall–Kier alpha value is -0.610. The highest BCUT2D eigenvalue weighted by atomic mass is 32.2. The van der Waals surface area contributed by atoms with Crippen molar-refractivity contribution >= 4 is 34.2 Å². The quantitative estimate of drug-likeness (QED) is 0.422. The van der Waals surface area contributed by atoms with Crippen molar-refractivity contribution in [1.82, 2.24) is 5.32 Å². The lowest BCUT2D eigenvalue weighted by Crippen LogP contribution is -2.18. The van der Waals surface area contributed by atoms with Crippen LogP contribution < -0.4 is 5.32 Å². The lowest BCUT2D eigenvalue weighted by Gasteiger charge is -2.13. The minimum Gasteiger partial charge on any atom is -0.307 e. The second-order valence-corrected chi connectivity index (χ2v) is 5.14. The van der Waals surface area contributed by atoms with E-state index in [1.807, 2.05) is 0 Å². The first-order chi connectivity index (χ1) is 6.75. The predicted octanol–water partition coefficient (Wildman–Crippen LogP) is 2.37. The third kappa shape index (κ3) is 2.25. The van der Waals surface area contributed by atoms with Gasteiger partial charge in [0.15, 0.2) is 0 Å². The zero-order valence-corrected chi connectivity index (χ0v) is 9.29. The zero-order chi connectivity index (χ0) is 9.97. The van der Waals surface area contributed by atoms with E-state index in [9.17, 15) is 4.79 Å². The van der Waals surface area contributed by atoms with E-state index < -0.39 is 0 Å². The number of allylic oxidation sites excluding steroid dienone is 3. The van der Waals surface area contributed by atoms with Crippen LogP contribution in [-0.2, 0) is 4.79 Å². The van der Waals surface area contributed by atoms with Gasteiger partial charge in [-0.3, -0.25) is 4.79 Å². The molecule has 1 heterocycles. The van der Waals surface area contributed by atoms with Gasteiger partial charge in [0.25, 0.3) is 5.91 Å². The van der Waals surface area contributed by atoms with Gasteiger partial charge in [-0.15, -0.1) is 0 Å². The Morgan fingerprint density at radius 1 is 1.57 bits per heavy atom. The maximum atomic E-state index is 11.4. The van der Waals surface area contributed by atoms with E-state index in [1.165, 1.54) is 11.8 Å². The minimum atomic E-state index is -0.0328. The van der Waals surface area contributed by atoms with Crippen molar-refractivity contribution in [3.05, 3.63) is 23.1 Å². The van der Waals surface area contributed by atoms with E-state index in [2.05, 4.69) is 23.5 Å². The molecule has 74 valence electrons. The number of carbonyl (C=O) groups excluding carboxylic acids is 1. The average molecular weight is 225 g/mol. The van der Waals surface area contributed by atoms with Gasteiger partial charge in [0.1, 0.15) is 4.32 Å². The molecule has 1 saturated heterocycles. The third-order valence-electron chi connectivity index (χ3n) is 2.34. The highest BCUT2D eigenvalue weighted by molar-refractivity contribution is 8.26. The molecular formula is C10H11NOS2. The Labute approximate surface area is 92.8 Å². The van der Waals surface area contributed by atoms with Crippen LogP contribution in [0.25, 0.3) is 0 Å². The van der Waals surface area contributed by atoms with Crippen LogP contribution in [0.5, 0.6) is 0 Å². The van der Waals surface area contributed by atoms with Gasteiger partial charge in [-0.2, -0.15) is 0 Å². The Morgan fingerprint density at radius 3 is 3.00 bits per heavy atom. The molecule has 1 amide bonds. The Bertz CT molecular complexity index is 333. The highest BCUT2D eigenvalue weighted by Crippen LogP contribution is 2.28. The van der Waals surface area contributed by atoms with E-state index in [0.29, 0.717) is 10.2 Å². The number of hydrogen-bond donors (Lipinski definition) is 1. The molecule has 0 saturated carbocycles. The second-order valence-electron chi connectivity index (χ2n) is 3.42. The van der Waals surface area contributed by atoms with Crippen molar-refractivity contribution in [3.63, 3.8) is 0 Å². The predicted molar refractivity (Wildman–Crippen MR) is 62.9 cm³/mol. The first kappa shape index (κ1) is 9.93. The lowest BCUT2D eigenvalue weighted by molar-refractivity contribution is -0.115. The van der Waals surface area contributed by atoms with E-state index in [4.69, 9.17) is 12.2 Å². The summed E-state index contributed by atoms with van der Waals surface area (Å²) in [6.07, 6.45) is 9.74. The zero-order valence-electron chi connectivity index (χ0n) is 7.66. The topological polar surface area (TPSA) is 29.1 Å². The summed E-state index contributed by atoms with van der Waals surface area (Å²) in [7, 11) is 0. The molecule has 2 rings (SSSR count). The molecule has 2 nitrogen and oxygen atoms in total. The summed E-state index contributed by atoms with van der Waals surface area (Å²) >= 11 is 6.29. The molecule has 0 spiro atoms. The molecule has 14 heavy (non-hydrogen) atoms. The summed E-state index contributed by atoms with van der Waals surface area (Å²) in [6.45, 7) is 0. The molecule has 1 fully saturated rings. The van der Waals surface area contributed by atoms with Crippen LogP contribution in [0.3, 0.4) is 0 Å². The van der Waals surface area contributed by atoms with Crippen LogP contribution in [0, 0.1) is 5.92 Å². The summed E-state index contributed by atoms with van der Waals surface area (Å²) in [5.41, 5.74) is 0. The summed E-state index contributed by atoms with van der Waals surface area (Å²) in [5.74, 6) is 0.476. The minimum absolute atomic E-state index is 0.0328. The number of thiocarbonyl (C=S) groups is 1. The van der Waals surface area contributed by atoms with Gasteiger partial charge in [-0.25, -0.2) is 0 Å². The second kappa shape index (κ2) is 4.28. The van der Waals surface area contributed by atoms with Crippen molar-refractivity contribution in [2.45, 2.75) is 19.3 Å². The van der Waals surface area contributed by atoms with Crippen LogP contribution in [-0.4, -0.2) is 10.2 Å². The number of hydrogen-bond acceptors (Lipinski definition) is 3. The molecule has 2 aliphatic rings. The Kier molecular flexibility index (Phi) is 3.03. The molecule has 1 atom stereocenters. The molecule has 0 aromatic carbocycles. The largest absolute Gasteiger partial charge is 0.307 e. The molecule has 0 unspecified atom stereocenters. The van der Waals surface area contributed by atoms with Crippen LogP contribution in [0.1, 0.15) is 19.3 Å². The van der Waals surface area contributed by atoms with Crippen molar-refractivity contribution in [2.75, 3.05) is 0 Å². The number of rotatable bonds is 1. The number of amides is 1. The molecule has 0 aromatic rings. The fourth-order valence-corrected chi connectivity index (χ4v) is 2.73. The van der Waals surface area contributed by atoms with Gasteiger partial charge < -0.3 is 5.32 Å². The Morgan fingerprint density at radius 2 is 2.43 bits per heavy atom. The van der Waals surface area contributed by atoms with E-state index in [0.717, 1.165) is 24.2 Å². The molecular weight excluding hydrogens is 214 g/mol. The smallest absolute Gasteiger partial charge is 0.263 e. The summed E-state index contributed by atoms with van der Waals surface area (Å²) < 4.78 is 0.576. The standard InChI is InChI=1S/C10H11NOS2/c12-9-8(14-10(13)11-9)6-7-4-2-1-3-5-7/h1-2,6-7H,3-5H2,(H,11,12,13)/b8-6+/t7-/m1/s1. The van der Waals surface area contributed by atoms with Gasteiger partial charge >= 0.3 is 0 Å². The van der Waals surface area contributed by atoms with Crippen molar-refractivity contribution in [2.24, 2.45) is 5.92 Å². The maximum absolute atomic E-state index is 11.4. The summed E-state index contributed by atoms with van der Waals surface area (Å²) in [5, 5.41) is 2.63. The maximum Gasteiger partial charge on any atom is 0.263 e. The average Bonchev–Trinajstić information content (AvgIpc) is 2.47. The van der Waals surface area contributed by atoms with E-state index >= 15 is 0 Å². The fourth-order valence-electron chi connectivity index (χ4n) is 1.62. The summed E-state index contributed by atoms with van der Waals surface area (Å²) in [6, 6.07) is 0. The highest BCUT2D eigenvalue weighted by Gasteiger charge is 2.23. The van der Waals surface area contributed by atoms with Gasteiger partial charge in [0.2, 0.25) is 0 Å².